The summed E-state index contributed by atoms with van der Waals surface area (Å²) in [6.45, 7) is 5.31. The summed E-state index contributed by atoms with van der Waals surface area (Å²) in [7, 11) is 0. The lowest BCUT2D eigenvalue weighted by atomic mass is 10.2. The third-order valence-corrected chi connectivity index (χ3v) is 4.57. The maximum atomic E-state index is 12.2. The van der Waals surface area contributed by atoms with E-state index in [-0.39, 0.29) is 12.7 Å². The molecule has 1 saturated heterocycles. The highest BCUT2D eigenvalue weighted by Crippen LogP contribution is 2.16. The number of carbonyl (C=O) groups is 1. The van der Waals surface area contributed by atoms with E-state index in [1.807, 2.05) is 49.4 Å². The van der Waals surface area contributed by atoms with Crippen LogP contribution in [-0.4, -0.2) is 66.4 Å². The molecule has 1 unspecified atom stereocenters. The number of piperazine rings is 1. The number of hydrogen-bond donors (Lipinski definition) is 1. The average molecular weight is 370 g/mol. The van der Waals surface area contributed by atoms with Crippen molar-refractivity contribution in [1.29, 1.82) is 0 Å². The maximum absolute atomic E-state index is 12.2. The molecular weight excluding hydrogens is 344 g/mol. The summed E-state index contributed by atoms with van der Waals surface area (Å²) in [6, 6.07) is 16.8. The number of benzene rings is 2. The van der Waals surface area contributed by atoms with Crippen LogP contribution in [0.15, 0.2) is 54.6 Å². The summed E-state index contributed by atoms with van der Waals surface area (Å²) < 4.78 is 11.1. The third kappa shape index (κ3) is 5.70. The van der Waals surface area contributed by atoms with Gasteiger partial charge in [-0.2, -0.15) is 0 Å². The Balaban J connectivity index is 1.38. The zero-order valence-corrected chi connectivity index (χ0v) is 15.6. The molecule has 144 valence electrons. The highest BCUT2D eigenvalue weighted by Gasteiger charge is 2.24. The first-order valence-corrected chi connectivity index (χ1v) is 9.22. The highest BCUT2D eigenvalue weighted by atomic mass is 16.6. The molecule has 2 aromatic carbocycles. The van der Waals surface area contributed by atoms with Crippen LogP contribution in [0.25, 0.3) is 0 Å². The molecule has 0 aromatic heterocycles. The summed E-state index contributed by atoms with van der Waals surface area (Å²) in [5.74, 6) is 1.35. The molecule has 1 N–H and O–H groups in total. The van der Waals surface area contributed by atoms with Crippen LogP contribution in [0, 0.1) is 6.92 Å². The van der Waals surface area contributed by atoms with Crippen molar-refractivity contribution in [3.05, 3.63) is 60.2 Å². The molecular formula is C21H26N2O4. The number of nitrogens with zero attached hydrogens (tertiary/aromatic N) is 2. The molecule has 0 aliphatic carbocycles. The summed E-state index contributed by atoms with van der Waals surface area (Å²) in [6.07, 6.45) is -0.906. The summed E-state index contributed by atoms with van der Waals surface area (Å²) in [5.41, 5.74) is 1.05. The van der Waals surface area contributed by atoms with E-state index < -0.39 is 6.10 Å². The number of carbonyl (C=O) groups excluding carboxylic acids is 1. The highest BCUT2D eigenvalue weighted by molar-refractivity contribution is 5.70. The topological polar surface area (TPSA) is 62.2 Å². The van der Waals surface area contributed by atoms with Gasteiger partial charge >= 0.3 is 6.09 Å². The molecule has 1 amide bonds. The van der Waals surface area contributed by atoms with Gasteiger partial charge in [0.15, 0.2) is 0 Å². The van der Waals surface area contributed by atoms with Crippen LogP contribution < -0.4 is 9.47 Å². The van der Waals surface area contributed by atoms with Crippen molar-refractivity contribution in [2.24, 2.45) is 0 Å². The lowest BCUT2D eigenvalue weighted by Crippen LogP contribution is -2.51. The van der Waals surface area contributed by atoms with Crippen molar-refractivity contribution in [3.8, 4) is 11.5 Å². The first kappa shape index (κ1) is 19.2. The predicted molar refractivity (Wildman–Crippen MR) is 103 cm³/mol. The summed E-state index contributed by atoms with van der Waals surface area (Å²) in [4.78, 5) is 16.0. The number of hydrogen-bond acceptors (Lipinski definition) is 5. The molecule has 0 saturated carbocycles. The van der Waals surface area contributed by atoms with Crippen LogP contribution in [0.5, 0.6) is 11.5 Å². The van der Waals surface area contributed by atoms with Gasteiger partial charge in [-0.1, -0.05) is 36.4 Å². The number of aliphatic hydroxyl groups is 1. The molecule has 3 rings (SSSR count). The number of amides is 1. The van der Waals surface area contributed by atoms with Crippen LogP contribution in [0.1, 0.15) is 5.56 Å². The zero-order chi connectivity index (χ0) is 19.1. The van der Waals surface area contributed by atoms with Crippen molar-refractivity contribution >= 4 is 6.09 Å². The van der Waals surface area contributed by atoms with Crippen molar-refractivity contribution in [2.45, 2.75) is 13.0 Å². The second-order valence-corrected chi connectivity index (χ2v) is 6.70. The molecule has 6 heteroatoms. The predicted octanol–water partition coefficient (Wildman–Crippen LogP) is 2.55. The molecule has 0 spiro atoms. The van der Waals surface area contributed by atoms with Crippen LogP contribution in [-0.2, 0) is 0 Å². The molecule has 1 fully saturated rings. The largest absolute Gasteiger partial charge is 0.491 e. The molecule has 0 bridgehead atoms. The molecule has 0 radical (unpaired) electrons. The van der Waals surface area contributed by atoms with Crippen LogP contribution in [0.4, 0.5) is 4.79 Å². The van der Waals surface area contributed by atoms with Crippen LogP contribution in [0.2, 0.25) is 0 Å². The fourth-order valence-electron chi connectivity index (χ4n) is 3.02. The lowest BCUT2D eigenvalue weighted by Gasteiger charge is -2.34. The summed E-state index contributed by atoms with van der Waals surface area (Å²) >= 11 is 0. The number of rotatable bonds is 6. The standard InChI is InChI=1S/C21H26N2O4/c1-17-7-5-6-10-20(17)26-16-18(24)15-22-11-13-23(14-12-22)21(25)27-19-8-3-2-4-9-19/h2-10,18,24H,11-16H2,1H3. The Kier molecular flexibility index (Phi) is 6.68. The second-order valence-electron chi connectivity index (χ2n) is 6.70. The van der Waals surface area contributed by atoms with Gasteiger partial charge < -0.3 is 19.5 Å². The first-order chi connectivity index (χ1) is 13.1. The summed E-state index contributed by atoms with van der Waals surface area (Å²) in [5, 5.41) is 10.3. The minimum atomic E-state index is -0.576. The van der Waals surface area contributed by atoms with Gasteiger partial charge in [-0.25, -0.2) is 4.79 Å². The molecule has 6 nitrogen and oxygen atoms in total. The minimum absolute atomic E-state index is 0.251. The van der Waals surface area contributed by atoms with Gasteiger partial charge in [-0.3, -0.25) is 4.90 Å². The van der Waals surface area contributed by atoms with Crippen molar-refractivity contribution in [1.82, 2.24) is 9.80 Å². The van der Waals surface area contributed by atoms with Gasteiger partial charge in [-0.05, 0) is 30.7 Å². The monoisotopic (exact) mass is 370 g/mol. The van der Waals surface area contributed by atoms with Crippen LogP contribution in [0.3, 0.4) is 0 Å². The van der Waals surface area contributed by atoms with Crippen molar-refractivity contribution < 1.29 is 19.4 Å². The van der Waals surface area contributed by atoms with E-state index in [4.69, 9.17) is 9.47 Å². The Bertz CT molecular complexity index is 730. The Morgan fingerprint density at radius 1 is 1.04 bits per heavy atom. The Labute approximate surface area is 159 Å². The Hall–Kier alpha value is -2.57. The Morgan fingerprint density at radius 3 is 2.41 bits per heavy atom. The third-order valence-electron chi connectivity index (χ3n) is 4.57. The normalized spacial score (nSPS) is 16.0. The van der Waals surface area contributed by atoms with Gasteiger partial charge in [0.2, 0.25) is 0 Å². The van der Waals surface area contributed by atoms with E-state index in [0.717, 1.165) is 11.3 Å². The Morgan fingerprint density at radius 2 is 1.70 bits per heavy atom. The van der Waals surface area contributed by atoms with Gasteiger partial charge in [0.25, 0.3) is 0 Å². The van der Waals surface area contributed by atoms with Gasteiger partial charge in [0.1, 0.15) is 24.2 Å². The fraction of sp³-hybridized carbons (Fsp3) is 0.381. The molecule has 1 aliphatic rings. The molecule has 1 atom stereocenters. The quantitative estimate of drug-likeness (QED) is 0.847. The van der Waals surface area contributed by atoms with Crippen molar-refractivity contribution in [2.75, 3.05) is 39.3 Å². The number of aryl methyl sites for hydroxylation is 1. The maximum Gasteiger partial charge on any atom is 0.415 e. The molecule has 2 aromatic rings. The molecule has 27 heavy (non-hydrogen) atoms. The lowest BCUT2D eigenvalue weighted by molar-refractivity contribution is 0.0472. The average Bonchev–Trinajstić information content (AvgIpc) is 2.69. The van der Waals surface area contributed by atoms with Crippen LogP contribution >= 0.6 is 0 Å². The second kappa shape index (κ2) is 9.39. The first-order valence-electron chi connectivity index (χ1n) is 9.22. The molecule has 1 aliphatic heterocycles. The van der Waals surface area contributed by atoms with Gasteiger partial charge in [0, 0.05) is 32.7 Å². The fourth-order valence-corrected chi connectivity index (χ4v) is 3.02. The van der Waals surface area contributed by atoms with Gasteiger partial charge in [0.05, 0.1) is 0 Å². The zero-order valence-electron chi connectivity index (χ0n) is 15.6. The van der Waals surface area contributed by atoms with E-state index in [2.05, 4.69) is 4.90 Å². The van der Waals surface area contributed by atoms with E-state index in [9.17, 15) is 9.90 Å². The number of aliphatic hydroxyl groups excluding tert-OH is 1. The van der Waals surface area contributed by atoms with E-state index in [1.165, 1.54) is 0 Å². The minimum Gasteiger partial charge on any atom is -0.491 e. The van der Waals surface area contributed by atoms with E-state index in [1.54, 1.807) is 17.0 Å². The smallest absolute Gasteiger partial charge is 0.415 e. The van der Waals surface area contributed by atoms with E-state index in [0.29, 0.717) is 38.5 Å². The number of β-amino-alcohol motifs (C(OH)–C–C–N with tert-alkyl or cyclic N) is 1. The SMILES string of the molecule is Cc1ccccc1OCC(O)CN1CCN(C(=O)Oc2ccccc2)CC1. The van der Waals surface area contributed by atoms with Gasteiger partial charge in [-0.15, -0.1) is 0 Å². The van der Waals surface area contributed by atoms with E-state index >= 15 is 0 Å². The van der Waals surface area contributed by atoms with Crippen molar-refractivity contribution in [3.63, 3.8) is 0 Å². The number of ether oxygens (including phenoxy) is 2. The number of para-hydroxylation sites is 2. The molecule has 1 heterocycles.